The number of nitrogens with zero attached hydrogens (tertiary/aromatic N) is 1. The van der Waals surface area contributed by atoms with Crippen molar-refractivity contribution in [2.75, 3.05) is 14.1 Å². The minimum absolute atomic E-state index is 0.196. The molecule has 1 aromatic carbocycles. The van der Waals surface area contributed by atoms with Crippen LogP contribution in [0.5, 0.6) is 5.75 Å². The number of carbonyl (C=O) groups excluding carboxylic acids is 3. The summed E-state index contributed by atoms with van der Waals surface area (Å²) in [6, 6.07) is -1.17. The second-order valence-electron chi connectivity index (χ2n) is 11.4. The summed E-state index contributed by atoms with van der Waals surface area (Å²) in [7, 11) is 3.00. The van der Waals surface area contributed by atoms with Gasteiger partial charge in [-0.3, -0.25) is 19.3 Å². The highest BCUT2D eigenvalue weighted by atomic mass is 19.1. The maximum atomic E-state index is 15.6. The number of benzene rings is 1. The van der Waals surface area contributed by atoms with E-state index in [4.69, 9.17) is 5.73 Å². The van der Waals surface area contributed by atoms with Crippen LogP contribution in [0.25, 0.3) is 0 Å². The molecule has 0 unspecified atom stereocenters. The van der Waals surface area contributed by atoms with Gasteiger partial charge in [0.05, 0.1) is 11.6 Å². The number of allylic oxidation sites excluding steroid dienone is 1. The molecule has 0 saturated heterocycles. The predicted octanol–water partition coefficient (Wildman–Crippen LogP) is 1.29. The Morgan fingerprint density at radius 3 is 2.29 bits per heavy atom. The monoisotopic (exact) mass is 535 g/mol. The molecule has 206 valence electrons. The Morgan fingerprint density at radius 1 is 1.16 bits per heavy atom. The Balaban J connectivity index is 1.92. The van der Waals surface area contributed by atoms with E-state index in [2.05, 4.69) is 5.32 Å². The average molecular weight is 536 g/mol. The lowest BCUT2D eigenvalue weighted by Crippen LogP contribution is -2.63. The van der Waals surface area contributed by atoms with E-state index in [0.717, 1.165) is 0 Å². The number of ketones is 2. The predicted molar refractivity (Wildman–Crippen MR) is 130 cm³/mol. The standard InChI is InChI=1S/C26H31F2N3O7/c1-25(2,3)30-8-11-16(27)10-6-9-7-12-18(31(4)5)21(34)15(24(29)37)23(36)26(12,38)22(35)13(9)19(32)14(10)20(33)17(11)28/h9,12,18,30,33-35,38H,6-8H2,1-5H3,(H2,29,37)/t9-,12-,18-,26-/m0/s1. The van der Waals surface area contributed by atoms with Crippen LogP contribution >= 0.6 is 0 Å². The first-order chi connectivity index (χ1) is 17.4. The number of carbonyl (C=O) groups is 3. The minimum atomic E-state index is -2.83. The minimum Gasteiger partial charge on any atom is -0.510 e. The molecule has 1 amide bonds. The Morgan fingerprint density at radius 2 is 1.76 bits per heavy atom. The summed E-state index contributed by atoms with van der Waals surface area (Å²) < 4.78 is 30.7. The summed E-state index contributed by atoms with van der Waals surface area (Å²) in [5, 5.41) is 47.1. The molecule has 1 aromatic rings. The molecule has 4 atom stereocenters. The van der Waals surface area contributed by atoms with Crippen LogP contribution in [-0.2, 0) is 22.6 Å². The number of aromatic hydroxyl groups is 1. The summed E-state index contributed by atoms with van der Waals surface area (Å²) in [5.74, 6) is -11.4. The van der Waals surface area contributed by atoms with Crippen molar-refractivity contribution < 1.29 is 43.6 Å². The second kappa shape index (κ2) is 8.85. The van der Waals surface area contributed by atoms with Crippen molar-refractivity contribution in [3.63, 3.8) is 0 Å². The van der Waals surface area contributed by atoms with Gasteiger partial charge in [0.15, 0.2) is 23.0 Å². The number of phenolic OH excluding ortho intramolecular Hbond substituents is 1. The summed E-state index contributed by atoms with van der Waals surface area (Å²) in [6.07, 6.45) is -0.463. The molecule has 3 aliphatic rings. The SMILES string of the molecule is CN(C)[C@@H]1C(O)=C(C(N)=O)C(=O)[C@@]2(O)C(O)=C3C(=O)c4c(O)c(F)c(CNC(C)(C)C)c(F)c4C[C@H]3C[C@@H]12. The zero-order valence-electron chi connectivity index (χ0n) is 21.6. The van der Waals surface area contributed by atoms with Crippen molar-refractivity contribution in [3.05, 3.63) is 51.0 Å². The van der Waals surface area contributed by atoms with E-state index in [1.165, 1.54) is 19.0 Å². The van der Waals surface area contributed by atoms with Crippen LogP contribution in [0, 0.1) is 23.5 Å². The van der Waals surface area contributed by atoms with Crippen molar-refractivity contribution >= 4 is 17.5 Å². The van der Waals surface area contributed by atoms with E-state index in [-0.39, 0.29) is 24.9 Å². The molecule has 0 spiro atoms. The molecule has 0 aliphatic heterocycles. The number of rotatable bonds is 4. The van der Waals surface area contributed by atoms with Gasteiger partial charge < -0.3 is 31.5 Å². The maximum Gasteiger partial charge on any atom is 0.255 e. The molecule has 0 saturated carbocycles. The summed E-state index contributed by atoms with van der Waals surface area (Å²) >= 11 is 0. The molecule has 10 nitrogen and oxygen atoms in total. The molecule has 0 heterocycles. The van der Waals surface area contributed by atoms with Crippen molar-refractivity contribution in [2.45, 2.75) is 57.3 Å². The van der Waals surface area contributed by atoms with Crippen molar-refractivity contribution in [2.24, 2.45) is 17.6 Å². The third kappa shape index (κ3) is 3.81. The van der Waals surface area contributed by atoms with Gasteiger partial charge in [-0.05, 0) is 53.6 Å². The number of nitrogens with one attached hydrogen (secondary N) is 1. The number of halogens is 2. The number of likely N-dealkylation sites (N-methyl/N-ethyl adjacent to an activating group) is 1. The largest absolute Gasteiger partial charge is 0.510 e. The lowest BCUT2D eigenvalue weighted by atomic mass is 9.58. The highest BCUT2D eigenvalue weighted by molar-refractivity contribution is 6.24. The number of aliphatic hydroxyl groups excluding tert-OH is 2. The molecule has 0 aromatic heterocycles. The van der Waals surface area contributed by atoms with Crippen LogP contribution in [0.1, 0.15) is 48.7 Å². The van der Waals surface area contributed by atoms with E-state index < -0.39 is 97.7 Å². The van der Waals surface area contributed by atoms with Gasteiger partial charge in [0.2, 0.25) is 5.78 Å². The van der Waals surface area contributed by atoms with E-state index >= 15 is 8.78 Å². The third-order valence-electron chi connectivity index (χ3n) is 7.65. The van der Waals surface area contributed by atoms with Crippen LogP contribution < -0.4 is 11.1 Å². The topological polar surface area (TPSA) is 173 Å². The first-order valence-electron chi connectivity index (χ1n) is 12.1. The zero-order chi connectivity index (χ0) is 28.6. The van der Waals surface area contributed by atoms with Gasteiger partial charge in [-0.2, -0.15) is 0 Å². The van der Waals surface area contributed by atoms with Gasteiger partial charge >= 0.3 is 0 Å². The number of hydrogen-bond donors (Lipinski definition) is 6. The summed E-state index contributed by atoms with van der Waals surface area (Å²) in [4.78, 5) is 40.2. The fourth-order valence-electron chi connectivity index (χ4n) is 5.88. The lowest BCUT2D eigenvalue weighted by Gasteiger charge is -2.50. The molecule has 0 fully saturated rings. The van der Waals surface area contributed by atoms with Crippen molar-refractivity contribution in [3.8, 4) is 5.75 Å². The fourth-order valence-corrected chi connectivity index (χ4v) is 5.88. The molecule has 4 rings (SSSR count). The summed E-state index contributed by atoms with van der Waals surface area (Å²) in [5.41, 5.74) is -0.898. The number of Topliss-reactive ketones (excluding diaryl/α,β-unsaturated/α-hetero) is 2. The number of fused-ring (bicyclic) bond motifs is 3. The van der Waals surface area contributed by atoms with Gasteiger partial charge in [-0.25, -0.2) is 8.78 Å². The number of primary amides is 1. The zero-order valence-corrected chi connectivity index (χ0v) is 21.6. The van der Waals surface area contributed by atoms with Crippen LogP contribution in [-0.4, -0.2) is 74.1 Å². The quantitative estimate of drug-likeness (QED) is 0.311. The normalized spacial score (nSPS) is 27.4. The Hall–Kier alpha value is -3.35. The van der Waals surface area contributed by atoms with E-state index in [1.807, 2.05) is 0 Å². The third-order valence-corrected chi connectivity index (χ3v) is 7.65. The number of hydrogen-bond acceptors (Lipinski definition) is 9. The number of aliphatic hydroxyl groups is 3. The van der Waals surface area contributed by atoms with Crippen LogP contribution in [0.15, 0.2) is 22.7 Å². The van der Waals surface area contributed by atoms with Crippen molar-refractivity contribution in [1.29, 1.82) is 0 Å². The van der Waals surface area contributed by atoms with Gasteiger partial charge in [0.25, 0.3) is 5.91 Å². The van der Waals surface area contributed by atoms with Crippen LogP contribution in [0.3, 0.4) is 0 Å². The van der Waals surface area contributed by atoms with Gasteiger partial charge in [-0.1, -0.05) is 0 Å². The molecular weight excluding hydrogens is 504 g/mol. The number of nitrogens with two attached hydrogens (primary N) is 1. The number of amides is 1. The second-order valence-corrected chi connectivity index (χ2v) is 11.4. The van der Waals surface area contributed by atoms with E-state index in [1.54, 1.807) is 20.8 Å². The first kappa shape index (κ1) is 27.7. The van der Waals surface area contributed by atoms with Crippen LogP contribution in [0.2, 0.25) is 0 Å². The Kier molecular flexibility index (Phi) is 6.45. The van der Waals surface area contributed by atoms with E-state index in [0.29, 0.717) is 0 Å². The average Bonchev–Trinajstić information content (AvgIpc) is 2.78. The van der Waals surface area contributed by atoms with E-state index in [9.17, 15) is 34.8 Å². The Labute approximate surface area is 217 Å². The molecule has 3 aliphatic carbocycles. The summed E-state index contributed by atoms with van der Waals surface area (Å²) in [6.45, 7) is 5.08. The number of phenols is 1. The van der Waals surface area contributed by atoms with Gasteiger partial charge in [0, 0.05) is 34.7 Å². The first-order valence-corrected chi connectivity index (χ1v) is 12.1. The van der Waals surface area contributed by atoms with Gasteiger partial charge in [-0.15, -0.1) is 0 Å². The molecule has 12 heteroatoms. The van der Waals surface area contributed by atoms with Gasteiger partial charge in [0.1, 0.15) is 22.9 Å². The molecule has 0 radical (unpaired) electrons. The molecule has 7 N–H and O–H groups in total. The fraction of sp³-hybridized carbons (Fsp3) is 0.500. The molecule has 38 heavy (non-hydrogen) atoms. The maximum absolute atomic E-state index is 15.6. The molecular formula is C26H31F2N3O7. The molecule has 0 bridgehead atoms. The highest BCUT2D eigenvalue weighted by Gasteiger charge is 2.63. The van der Waals surface area contributed by atoms with Crippen LogP contribution in [0.4, 0.5) is 8.78 Å². The Bertz CT molecular complexity index is 1350. The smallest absolute Gasteiger partial charge is 0.255 e. The highest BCUT2D eigenvalue weighted by Crippen LogP contribution is 2.52. The lowest BCUT2D eigenvalue weighted by molar-refractivity contribution is -0.148. The van der Waals surface area contributed by atoms with Crippen molar-refractivity contribution in [1.82, 2.24) is 10.2 Å².